The van der Waals surface area contributed by atoms with E-state index in [4.69, 9.17) is 4.74 Å². The number of Topliss-reactive ketones (excluding diaryl/α,β-unsaturated/α-hetero) is 1. The Labute approximate surface area is 143 Å². The van der Waals surface area contributed by atoms with Gasteiger partial charge in [0.15, 0.2) is 5.78 Å². The van der Waals surface area contributed by atoms with Crippen LogP contribution in [0.3, 0.4) is 0 Å². The van der Waals surface area contributed by atoms with Crippen molar-refractivity contribution in [3.8, 4) is 0 Å². The number of non-ortho nitro benzene ring substituents is 1. The molecule has 8 nitrogen and oxygen atoms in total. The summed E-state index contributed by atoms with van der Waals surface area (Å²) >= 11 is 0. The van der Waals surface area contributed by atoms with Gasteiger partial charge in [-0.3, -0.25) is 14.9 Å². The summed E-state index contributed by atoms with van der Waals surface area (Å²) in [6.07, 6.45) is 0. The fraction of sp³-hybridized carbons (Fsp3) is 0.294. The summed E-state index contributed by atoms with van der Waals surface area (Å²) in [7, 11) is 1.27. The molecular weight excluding hydrogens is 326 g/mol. The molecule has 0 bridgehead atoms. The number of hydrogen-bond donors (Lipinski definition) is 2. The molecule has 0 aliphatic carbocycles. The molecule has 2 N–H and O–H groups in total. The minimum atomic E-state index is -0.696. The summed E-state index contributed by atoms with van der Waals surface area (Å²) in [5.74, 6) is -1.42. The van der Waals surface area contributed by atoms with Crippen molar-refractivity contribution in [2.45, 2.75) is 12.8 Å². The van der Waals surface area contributed by atoms with Crippen molar-refractivity contribution in [1.82, 2.24) is 10.6 Å². The number of methoxy groups -OCH3 is 1. The predicted molar refractivity (Wildman–Crippen MR) is 88.6 cm³/mol. The van der Waals surface area contributed by atoms with Crippen LogP contribution in [0.4, 0.5) is 5.69 Å². The van der Waals surface area contributed by atoms with E-state index in [0.29, 0.717) is 29.1 Å². The minimum Gasteiger partial charge on any atom is -0.466 e. The third kappa shape index (κ3) is 2.91. The Balaban J connectivity index is 2.21. The molecule has 2 aliphatic rings. The summed E-state index contributed by atoms with van der Waals surface area (Å²) in [5.41, 5.74) is 2.40. The first-order chi connectivity index (χ1) is 11.9. The van der Waals surface area contributed by atoms with E-state index in [1.807, 2.05) is 0 Å². The SMILES string of the molecule is COC(=O)C1=C(C)NC2=C(C(=O)CNC2)C1c1cccc([N+](=O)[O-])c1. The van der Waals surface area contributed by atoms with Gasteiger partial charge in [-0.05, 0) is 12.5 Å². The van der Waals surface area contributed by atoms with Crippen LogP contribution in [-0.4, -0.2) is 36.9 Å². The Morgan fingerprint density at radius 3 is 2.80 bits per heavy atom. The van der Waals surface area contributed by atoms with Gasteiger partial charge in [-0.1, -0.05) is 12.1 Å². The first-order valence-electron chi connectivity index (χ1n) is 7.71. The van der Waals surface area contributed by atoms with E-state index < -0.39 is 16.8 Å². The Kier molecular flexibility index (Phi) is 4.37. The number of nitrogens with one attached hydrogen (secondary N) is 2. The molecule has 2 aliphatic heterocycles. The molecule has 0 saturated heterocycles. The maximum Gasteiger partial charge on any atom is 0.336 e. The standard InChI is InChI=1S/C17H17N3O5/c1-9-14(17(22)25-2)15(10-4-3-5-11(6-10)20(23)24)16-12(19-9)7-18-8-13(16)21/h3-6,15,18-19H,7-8H2,1-2H3. The van der Waals surface area contributed by atoms with Crippen LogP contribution in [0.1, 0.15) is 18.4 Å². The van der Waals surface area contributed by atoms with Crippen LogP contribution < -0.4 is 10.6 Å². The predicted octanol–water partition coefficient (Wildman–Crippen LogP) is 1.16. The zero-order chi connectivity index (χ0) is 18.1. The zero-order valence-corrected chi connectivity index (χ0v) is 13.8. The number of carbonyl (C=O) groups excluding carboxylic acids is 2. The summed E-state index contributed by atoms with van der Waals surface area (Å²) in [6, 6.07) is 6.00. The molecule has 3 rings (SSSR count). The number of ketones is 1. The van der Waals surface area contributed by atoms with Crippen molar-refractivity contribution in [1.29, 1.82) is 0 Å². The maximum atomic E-state index is 12.5. The van der Waals surface area contributed by atoms with Crippen molar-refractivity contribution < 1.29 is 19.2 Å². The molecular formula is C17H17N3O5. The molecule has 0 saturated carbocycles. The van der Waals surface area contributed by atoms with E-state index in [9.17, 15) is 19.7 Å². The second-order valence-electron chi connectivity index (χ2n) is 5.86. The number of nitro groups is 1. The number of allylic oxidation sites excluding steroid dienone is 1. The van der Waals surface area contributed by atoms with Crippen molar-refractivity contribution in [3.63, 3.8) is 0 Å². The van der Waals surface area contributed by atoms with E-state index in [0.717, 1.165) is 0 Å². The lowest BCUT2D eigenvalue weighted by Gasteiger charge is -2.34. The summed E-state index contributed by atoms with van der Waals surface area (Å²) in [4.78, 5) is 35.5. The Bertz CT molecular complexity index is 840. The molecule has 2 heterocycles. The summed E-state index contributed by atoms with van der Waals surface area (Å²) < 4.78 is 4.88. The molecule has 0 radical (unpaired) electrons. The number of rotatable bonds is 3. The van der Waals surface area contributed by atoms with Crippen LogP contribution in [0.25, 0.3) is 0 Å². The summed E-state index contributed by atoms with van der Waals surface area (Å²) in [5, 5.41) is 17.2. The fourth-order valence-corrected chi connectivity index (χ4v) is 3.29. The number of esters is 1. The monoisotopic (exact) mass is 343 g/mol. The van der Waals surface area contributed by atoms with Crippen LogP contribution in [0.5, 0.6) is 0 Å². The smallest absolute Gasteiger partial charge is 0.336 e. The molecule has 1 unspecified atom stereocenters. The highest BCUT2D eigenvalue weighted by Gasteiger charge is 2.39. The fourth-order valence-electron chi connectivity index (χ4n) is 3.29. The molecule has 0 amide bonds. The topological polar surface area (TPSA) is 111 Å². The number of carbonyl (C=O) groups is 2. The summed E-state index contributed by atoms with van der Waals surface area (Å²) in [6.45, 7) is 2.33. The number of nitrogens with zero attached hydrogens (tertiary/aromatic N) is 1. The van der Waals surface area contributed by atoms with Gasteiger partial charge in [0, 0.05) is 41.6 Å². The molecule has 25 heavy (non-hydrogen) atoms. The number of ether oxygens (including phenoxy) is 1. The lowest BCUT2D eigenvalue weighted by Crippen LogP contribution is -2.43. The quantitative estimate of drug-likeness (QED) is 0.481. The number of hydrogen-bond acceptors (Lipinski definition) is 7. The molecule has 1 atom stereocenters. The van der Waals surface area contributed by atoms with Crippen molar-refractivity contribution >= 4 is 17.4 Å². The Hall–Kier alpha value is -3.00. The normalized spacial score (nSPS) is 20.1. The molecule has 0 aromatic heterocycles. The van der Waals surface area contributed by atoms with Crippen molar-refractivity contribution in [2.24, 2.45) is 0 Å². The van der Waals surface area contributed by atoms with Gasteiger partial charge in [0.25, 0.3) is 5.69 Å². The van der Waals surface area contributed by atoms with Gasteiger partial charge in [-0.25, -0.2) is 4.79 Å². The molecule has 130 valence electrons. The lowest BCUT2D eigenvalue weighted by molar-refractivity contribution is -0.384. The van der Waals surface area contributed by atoms with Crippen molar-refractivity contribution in [2.75, 3.05) is 20.2 Å². The third-order valence-electron chi connectivity index (χ3n) is 4.35. The highest BCUT2D eigenvalue weighted by Crippen LogP contribution is 2.40. The largest absolute Gasteiger partial charge is 0.466 e. The van der Waals surface area contributed by atoms with Gasteiger partial charge < -0.3 is 15.4 Å². The van der Waals surface area contributed by atoms with E-state index in [-0.39, 0.29) is 23.6 Å². The van der Waals surface area contributed by atoms with Gasteiger partial charge in [-0.2, -0.15) is 0 Å². The van der Waals surface area contributed by atoms with Crippen LogP contribution in [0, 0.1) is 10.1 Å². The van der Waals surface area contributed by atoms with Crippen LogP contribution in [0.15, 0.2) is 46.8 Å². The number of dihydropyridines is 1. The van der Waals surface area contributed by atoms with Gasteiger partial charge >= 0.3 is 5.97 Å². The van der Waals surface area contributed by atoms with Crippen molar-refractivity contribution in [3.05, 3.63) is 62.5 Å². The average Bonchev–Trinajstić information content (AvgIpc) is 2.60. The second kappa shape index (κ2) is 6.48. The first kappa shape index (κ1) is 16.8. The third-order valence-corrected chi connectivity index (χ3v) is 4.35. The maximum absolute atomic E-state index is 12.5. The molecule has 0 fully saturated rings. The molecule has 1 aromatic carbocycles. The van der Waals surface area contributed by atoms with E-state index in [2.05, 4.69) is 10.6 Å². The van der Waals surface area contributed by atoms with Gasteiger partial charge in [0.2, 0.25) is 0 Å². The van der Waals surface area contributed by atoms with Gasteiger partial charge in [-0.15, -0.1) is 0 Å². The van der Waals surface area contributed by atoms with Crippen LogP contribution in [-0.2, 0) is 14.3 Å². The number of nitro benzene ring substituents is 1. The van der Waals surface area contributed by atoms with Crippen LogP contribution in [0.2, 0.25) is 0 Å². The molecule has 8 heteroatoms. The molecule has 0 spiro atoms. The lowest BCUT2D eigenvalue weighted by atomic mass is 9.77. The zero-order valence-electron chi connectivity index (χ0n) is 13.8. The first-order valence-corrected chi connectivity index (χ1v) is 7.71. The van der Waals surface area contributed by atoms with E-state index in [1.54, 1.807) is 19.1 Å². The van der Waals surface area contributed by atoms with Crippen LogP contribution >= 0.6 is 0 Å². The Morgan fingerprint density at radius 2 is 2.12 bits per heavy atom. The number of benzene rings is 1. The molecule has 1 aromatic rings. The average molecular weight is 343 g/mol. The van der Waals surface area contributed by atoms with Gasteiger partial charge in [0.05, 0.1) is 24.2 Å². The Morgan fingerprint density at radius 1 is 1.36 bits per heavy atom. The highest BCUT2D eigenvalue weighted by atomic mass is 16.6. The van der Waals surface area contributed by atoms with E-state index >= 15 is 0 Å². The second-order valence-corrected chi connectivity index (χ2v) is 5.86. The van der Waals surface area contributed by atoms with E-state index in [1.165, 1.54) is 19.2 Å². The minimum absolute atomic E-state index is 0.0959. The van der Waals surface area contributed by atoms with Gasteiger partial charge in [0.1, 0.15) is 0 Å². The highest BCUT2D eigenvalue weighted by molar-refractivity contribution is 6.04.